The van der Waals surface area contributed by atoms with Crippen LogP contribution in [-0.4, -0.2) is 16.8 Å². The van der Waals surface area contributed by atoms with E-state index in [1.54, 1.807) is 0 Å². The number of oxazole rings is 1. The molecule has 14 heavy (non-hydrogen) atoms. The Morgan fingerprint density at radius 2 is 2.07 bits per heavy atom. The van der Waals surface area contributed by atoms with Gasteiger partial charge >= 0.3 is 0 Å². The molecule has 0 unspecified atom stereocenters. The van der Waals surface area contributed by atoms with Gasteiger partial charge in [0.05, 0.1) is 0 Å². The summed E-state index contributed by atoms with van der Waals surface area (Å²) in [5.41, 5.74) is 0.392. The Hall–Kier alpha value is -1.32. The van der Waals surface area contributed by atoms with Crippen molar-refractivity contribution in [3.05, 3.63) is 12.0 Å². The average Bonchev–Trinajstić information content (AvgIpc) is 2.50. The molecular weight excluding hydrogens is 180 g/mol. The number of nitrogens with one attached hydrogen (secondary N) is 1. The molecule has 0 spiro atoms. The summed E-state index contributed by atoms with van der Waals surface area (Å²) in [6.07, 6.45) is 1.40. The Labute approximate surface area is 83.7 Å². The lowest BCUT2D eigenvalue weighted by atomic mass is 10.1. The number of hydrogen-bond acceptors (Lipinski definition) is 4. The van der Waals surface area contributed by atoms with E-state index in [-0.39, 0.29) is 17.7 Å². The zero-order chi connectivity index (χ0) is 10.7. The number of carbonyl (C=O) groups is 1. The normalized spacial score (nSPS) is 11.0. The van der Waals surface area contributed by atoms with E-state index in [0.29, 0.717) is 11.7 Å². The predicted molar refractivity (Wildman–Crippen MR) is 54.4 cm³/mol. The van der Waals surface area contributed by atoms with E-state index >= 15 is 0 Å². The molecule has 4 nitrogen and oxygen atoms in total. The number of aromatic nitrogens is 1. The maximum Gasteiger partial charge on any atom is 0.295 e. The van der Waals surface area contributed by atoms with Gasteiger partial charge in [-0.25, -0.2) is 0 Å². The summed E-state index contributed by atoms with van der Waals surface area (Å²) in [6, 6.07) is 0.652. The molecule has 0 aliphatic heterocycles. The number of rotatable bonds is 4. The lowest BCUT2D eigenvalue weighted by Gasteiger charge is -2.03. The van der Waals surface area contributed by atoms with Crippen LogP contribution in [0.25, 0.3) is 0 Å². The van der Waals surface area contributed by atoms with Crippen molar-refractivity contribution in [1.82, 2.24) is 4.98 Å². The lowest BCUT2D eigenvalue weighted by molar-refractivity contribution is 0.0934. The van der Waals surface area contributed by atoms with Crippen LogP contribution in [-0.2, 0) is 0 Å². The quantitative estimate of drug-likeness (QED) is 0.751. The summed E-state index contributed by atoms with van der Waals surface area (Å²) in [7, 11) is 0. The third-order valence-corrected chi connectivity index (χ3v) is 1.69. The van der Waals surface area contributed by atoms with Gasteiger partial charge < -0.3 is 9.73 Å². The summed E-state index contributed by atoms with van der Waals surface area (Å²) in [5.74, 6) is -0.0439. The summed E-state index contributed by atoms with van der Waals surface area (Å²) < 4.78 is 5.10. The molecule has 0 amide bonds. The fraction of sp³-hybridized carbons (Fsp3) is 0.600. The minimum atomic E-state index is -0.0491. The standard InChI is InChI=1S/C10H16N2O2/c1-6(2)9(13)8-5-14-10(12-8)11-7(3)4/h5-7H,1-4H3,(H,11,12). The Balaban J connectivity index is 2.73. The van der Waals surface area contributed by atoms with Gasteiger partial charge in [0.1, 0.15) is 12.0 Å². The highest BCUT2D eigenvalue weighted by Crippen LogP contribution is 2.12. The van der Waals surface area contributed by atoms with E-state index < -0.39 is 0 Å². The molecule has 4 heteroatoms. The van der Waals surface area contributed by atoms with Crippen molar-refractivity contribution in [3.63, 3.8) is 0 Å². The van der Waals surface area contributed by atoms with Crippen LogP contribution in [0.1, 0.15) is 38.2 Å². The number of carbonyl (C=O) groups excluding carboxylic acids is 1. The van der Waals surface area contributed by atoms with Gasteiger partial charge in [0, 0.05) is 12.0 Å². The summed E-state index contributed by atoms with van der Waals surface area (Å²) >= 11 is 0. The third kappa shape index (κ3) is 2.58. The molecule has 0 aliphatic rings. The Morgan fingerprint density at radius 3 is 2.57 bits per heavy atom. The zero-order valence-corrected chi connectivity index (χ0v) is 9.00. The van der Waals surface area contributed by atoms with Crippen molar-refractivity contribution in [1.29, 1.82) is 0 Å². The van der Waals surface area contributed by atoms with Crippen LogP contribution in [0.5, 0.6) is 0 Å². The van der Waals surface area contributed by atoms with E-state index in [1.807, 2.05) is 27.7 Å². The highest BCUT2D eigenvalue weighted by Gasteiger charge is 2.15. The summed E-state index contributed by atoms with van der Waals surface area (Å²) in [5, 5.41) is 2.99. The molecule has 0 aliphatic carbocycles. The van der Waals surface area contributed by atoms with Crippen LogP contribution in [0.2, 0.25) is 0 Å². The molecule has 0 atom stereocenters. The topological polar surface area (TPSA) is 55.1 Å². The van der Waals surface area contributed by atoms with E-state index in [1.165, 1.54) is 6.26 Å². The maximum absolute atomic E-state index is 11.5. The van der Waals surface area contributed by atoms with Gasteiger partial charge in [-0.15, -0.1) is 0 Å². The molecule has 0 radical (unpaired) electrons. The first-order chi connectivity index (χ1) is 6.50. The van der Waals surface area contributed by atoms with Crippen molar-refractivity contribution >= 4 is 11.8 Å². The van der Waals surface area contributed by atoms with Gasteiger partial charge in [-0.1, -0.05) is 13.8 Å². The van der Waals surface area contributed by atoms with Gasteiger partial charge in [0.15, 0.2) is 5.78 Å². The number of hydrogen-bond donors (Lipinski definition) is 1. The molecule has 0 aromatic carbocycles. The predicted octanol–water partition coefficient (Wildman–Crippen LogP) is 2.33. The number of Topliss-reactive ketones (excluding diaryl/α,β-unsaturated/α-hetero) is 1. The van der Waals surface area contributed by atoms with E-state index in [0.717, 1.165) is 0 Å². The number of anilines is 1. The van der Waals surface area contributed by atoms with Gasteiger partial charge in [0.2, 0.25) is 0 Å². The van der Waals surface area contributed by atoms with E-state index in [4.69, 9.17) is 4.42 Å². The highest BCUT2D eigenvalue weighted by atomic mass is 16.4. The van der Waals surface area contributed by atoms with Crippen molar-refractivity contribution in [3.8, 4) is 0 Å². The van der Waals surface area contributed by atoms with Gasteiger partial charge in [-0.05, 0) is 13.8 Å². The Morgan fingerprint density at radius 1 is 1.43 bits per heavy atom. The summed E-state index contributed by atoms with van der Waals surface area (Å²) in [6.45, 7) is 7.64. The molecule has 78 valence electrons. The maximum atomic E-state index is 11.5. The first-order valence-corrected chi connectivity index (χ1v) is 4.77. The largest absolute Gasteiger partial charge is 0.431 e. The van der Waals surface area contributed by atoms with Crippen molar-refractivity contribution in [2.24, 2.45) is 5.92 Å². The number of nitrogens with zero attached hydrogens (tertiary/aromatic N) is 1. The van der Waals surface area contributed by atoms with Gasteiger partial charge in [0.25, 0.3) is 6.01 Å². The first kappa shape index (κ1) is 10.8. The average molecular weight is 196 g/mol. The highest BCUT2D eigenvalue weighted by molar-refractivity contribution is 5.95. The SMILES string of the molecule is CC(C)Nc1nc(C(=O)C(C)C)co1. The molecule has 1 heterocycles. The third-order valence-electron chi connectivity index (χ3n) is 1.69. The number of ketones is 1. The monoisotopic (exact) mass is 196 g/mol. The minimum Gasteiger partial charge on any atom is -0.431 e. The molecule has 1 aromatic rings. The summed E-state index contributed by atoms with van der Waals surface area (Å²) in [4.78, 5) is 15.5. The minimum absolute atomic E-state index is 0.00514. The second-order valence-corrected chi connectivity index (χ2v) is 3.86. The van der Waals surface area contributed by atoms with Crippen molar-refractivity contribution in [2.45, 2.75) is 33.7 Å². The first-order valence-electron chi connectivity index (χ1n) is 4.77. The second kappa shape index (κ2) is 4.26. The van der Waals surface area contributed by atoms with Crippen LogP contribution in [0.3, 0.4) is 0 Å². The Kier molecular flexibility index (Phi) is 3.28. The van der Waals surface area contributed by atoms with Gasteiger partial charge in [-0.3, -0.25) is 4.79 Å². The van der Waals surface area contributed by atoms with Crippen LogP contribution in [0, 0.1) is 5.92 Å². The molecular formula is C10H16N2O2. The molecule has 0 bridgehead atoms. The van der Waals surface area contributed by atoms with Crippen LogP contribution < -0.4 is 5.32 Å². The molecule has 0 saturated carbocycles. The van der Waals surface area contributed by atoms with Crippen LogP contribution in [0.15, 0.2) is 10.7 Å². The molecule has 0 fully saturated rings. The van der Waals surface area contributed by atoms with Crippen LogP contribution >= 0.6 is 0 Å². The van der Waals surface area contributed by atoms with E-state index in [2.05, 4.69) is 10.3 Å². The molecule has 1 aromatic heterocycles. The zero-order valence-electron chi connectivity index (χ0n) is 9.00. The molecule has 1 rings (SSSR count). The molecule has 0 saturated heterocycles. The fourth-order valence-corrected chi connectivity index (χ4v) is 0.996. The van der Waals surface area contributed by atoms with Gasteiger partial charge in [-0.2, -0.15) is 4.98 Å². The lowest BCUT2D eigenvalue weighted by Crippen LogP contribution is -2.11. The second-order valence-electron chi connectivity index (χ2n) is 3.86. The molecule has 1 N–H and O–H groups in total. The van der Waals surface area contributed by atoms with Crippen molar-refractivity contribution < 1.29 is 9.21 Å². The van der Waals surface area contributed by atoms with E-state index in [9.17, 15) is 4.79 Å². The Bertz CT molecular complexity index is 316. The van der Waals surface area contributed by atoms with Crippen molar-refractivity contribution in [2.75, 3.05) is 5.32 Å². The van der Waals surface area contributed by atoms with Crippen LogP contribution in [0.4, 0.5) is 6.01 Å². The smallest absolute Gasteiger partial charge is 0.295 e. The fourth-order valence-electron chi connectivity index (χ4n) is 0.996.